The number of hydrogen-bond acceptors (Lipinski definition) is 4. The van der Waals surface area contributed by atoms with Crippen molar-refractivity contribution in [2.24, 2.45) is 4.99 Å². The number of aliphatic imine (C=N–C) groups is 1. The van der Waals surface area contributed by atoms with Crippen molar-refractivity contribution in [2.75, 3.05) is 6.26 Å². The SMILES string of the molecule is CS(=O)(=O)C1N=C(Cl)NC=C1Cl. The van der Waals surface area contributed by atoms with Crippen LogP contribution < -0.4 is 5.32 Å². The van der Waals surface area contributed by atoms with Crippen LogP contribution in [0, 0.1) is 0 Å². The second-order valence-electron chi connectivity index (χ2n) is 2.28. The average molecular weight is 229 g/mol. The fourth-order valence-corrected chi connectivity index (χ4v) is 2.27. The molecule has 0 aromatic heterocycles. The number of nitrogens with one attached hydrogen (secondary N) is 1. The Kier molecular flexibility index (Phi) is 2.65. The highest BCUT2D eigenvalue weighted by atomic mass is 35.5. The molecule has 7 heteroatoms. The first-order chi connectivity index (χ1) is 5.41. The first-order valence-electron chi connectivity index (χ1n) is 2.95. The molecule has 4 nitrogen and oxygen atoms in total. The van der Waals surface area contributed by atoms with Gasteiger partial charge in [-0.15, -0.1) is 0 Å². The first kappa shape index (κ1) is 9.83. The van der Waals surface area contributed by atoms with Crippen LogP contribution in [0.1, 0.15) is 0 Å². The minimum absolute atomic E-state index is 0.0230. The molecule has 1 atom stereocenters. The summed E-state index contributed by atoms with van der Waals surface area (Å²) in [6.07, 6.45) is 2.36. The van der Waals surface area contributed by atoms with Crippen molar-refractivity contribution >= 4 is 38.3 Å². The zero-order chi connectivity index (χ0) is 9.35. The van der Waals surface area contributed by atoms with Gasteiger partial charge in [0.1, 0.15) is 0 Å². The molecule has 0 saturated heterocycles. The minimum Gasteiger partial charge on any atom is -0.336 e. The van der Waals surface area contributed by atoms with Gasteiger partial charge in [-0.25, -0.2) is 13.4 Å². The predicted molar refractivity (Wildman–Crippen MR) is 49.0 cm³/mol. The van der Waals surface area contributed by atoms with Gasteiger partial charge < -0.3 is 5.32 Å². The molecule has 0 radical (unpaired) electrons. The lowest BCUT2D eigenvalue weighted by molar-refractivity contribution is 0.594. The second kappa shape index (κ2) is 3.24. The number of halogens is 2. The lowest BCUT2D eigenvalue weighted by Gasteiger charge is -2.14. The Bertz CT molecular complexity index is 346. The van der Waals surface area contributed by atoms with Crippen LogP contribution >= 0.6 is 23.2 Å². The van der Waals surface area contributed by atoms with Crippen molar-refractivity contribution in [3.8, 4) is 0 Å². The quantitative estimate of drug-likeness (QED) is 0.671. The van der Waals surface area contributed by atoms with E-state index in [0.29, 0.717) is 0 Å². The average Bonchev–Trinajstić information content (AvgIpc) is 1.92. The molecule has 0 amide bonds. The lowest BCUT2D eigenvalue weighted by Crippen LogP contribution is -2.27. The molecule has 1 heterocycles. The maximum Gasteiger partial charge on any atom is 0.196 e. The molecule has 0 aromatic carbocycles. The molecule has 1 N–H and O–H groups in total. The van der Waals surface area contributed by atoms with Crippen LogP contribution in [0.4, 0.5) is 0 Å². The van der Waals surface area contributed by atoms with Gasteiger partial charge in [0, 0.05) is 12.5 Å². The number of sulfone groups is 1. The third kappa shape index (κ3) is 2.12. The van der Waals surface area contributed by atoms with E-state index in [9.17, 15) is 8.42 Å². The Labute approximate surface area is 80.2 Å². The summed E-state index contributed by atoms with van der Waals surface area (Å²) in [5.41, 5.74) is 0. The predicted octanol–water partition coefficient (Wildman–Crippen LogP) is 0.635. The Morgan fingerprint density at radius 2 is 2.17 bits per heavy atom. The van der Waals surface area contributed by atoms with Crippen LogP contribution in [-0.4, -0.2) is 25.3 Å². The number of hydrogen-bond donors (Lipinski definition) is 1. The van der Waals surface area contributed by atoms with E-state index >= 15 is 0 Å². The van der Waals surface area contributed by atoms with E-state index in [1.807, 2.05) is 0 Å². The zero-order valence-electron chi connectivity index (χ0n) is 6.08. The van der Waals surface area contributed by atoms with Gasteiger partial charge in [0.25, 0.3) is 0 Å². The van der Waals surface area contributed by atoms with E-state index in [2.05, 4.69) is 10.3 Å². The largest absolute Gasteiger partial charge is 0.336 e. The lowest BCUT2D eigenvalue weighted by atomic mass is 10.5. The number of amidine groups is 1. The molecule has 0 aromatic rings. The highest BCUT2D eigenvalue weighted by Gasteiger charge is 2.26. The Morgan fingerprint density at radius 3 is 2.58 bits per heavy atom. The van der Waals surface area contributed by atoms with Crippen LogP contribution in [0.15, 0.2) is 16.2 Å². The summed E-state index contributed by atoms with van der Waals surface area (Å²) in [5, 5.41) is 1.56. The van der Waals surface area contributed by atoms with Crippen molar-refractivity contribution in [3.05, 3.63) is 11.2 Å². The van der Waals surface area contributed by atoms with Crippen molar-refractivity contribution in [3.63, 3.8) is 0 Å². The molecule has 0 fully saturated rings. The minimum atomic E-state index is -3.32. The van der Waals surface area contributed by atoms with Crippen LogP contribution in [0.5, 0.6) is 0 Å². The van der Waals surface area contributed by atoms with Crippen molar-refractivity contribution < 1.29 is 8.42 Å². The molecule has 0 spiro atoms. The zero-order valence-corrected chi connectivity index (χ0v) is 8.41. The van der Waals surface area contributed by atoms with Crippen molar-refractivity contribution in [1.82, 2.24) is 5.32 Å². The summed E-state index contributed by atoms with van der Waals surface area (Å²) < 4.78 is 22.0. The van der Waals surface area contributed by atoms with E-state index in [-0.39, 0.29) is 10.3 Å². The highest BCUT2D eigenvalue weighted by molar-refractivity contribution is 7.91. The van der Waals surface area contributed by atoms with Gasteiger partial charge in [0.2, 0.25) is 0 Å². The number of rotatable bonds is 1. The second-order valence-corrected chi connectivity index (χ2v) is 5.18. The normalized spacial score (nSPS) is 24.1. The molecule has 12 heavy (non-hydrogen) atoms. The Hall–Kier alpha value is -0.260. The van der Waals surface area contributed by atoms with E-state index in [1.165, 1.54) is 6.20 Å². The molecule has 0 aliphatic carbocycles. The monoisotopic (exact) mass is 228 g/mol. The summed E-state index contributed by atoms with van der Waals surface area (Å²) in [7, 11) is -3.32. The van der Waals surface area contributed by atoms with E-state index in [1.54, 1.807) is 0 Å². The fraction of sp³-hybridized carbons (Fsp3) is 0.400. The van der Waals surface area contributed by atoms with Gasteiger partial charge in [0.05, 0.1) is 5.03 Å². The molecular formula is C5H6Cl2N2O2S. The maximum absolute atomic E-state index is 11.0. The fourth-order valence-electron chi connectivity index (χ4n) is 0.702. The molecule has 68 valence electrons. The summed E-state index contributed by atoms with van der Waals surface area (Å²) in [6, 6.07) is 0. The van der Waals surface area contributed by atoms with Crippen LogP contribution in [0.3, 0.4) is 0 Å². The summed E-state index contributed by atoms with van der Waals surface area (Å²) in [4.78, 5) is 3.62. The van der Waals surface area contributed by atoms with Crippen LogP contribution in [0.2, 0.25) is 0 Å². The van der Waals surface area contributed by atoms with Crippen LogP contribution in [-0.2, 0) is 9.84 Å². The van der Waals surface area contributed by atoms with Gasteiger partial charge in [-0.05, 0) is 11.6 Å². The first-order valence-corrected chi connectivity index (χ1v) is 5.66. The maximum atomic E-state index is 11.0. The van der Waals surface area contributed by atoms with E-state index < -0.39 is 15.2 Å². The molecule has 1 aliphatic heterocycles. The van der Waals surface area contributed by atoms with Gasteiger partial charge in [-0.2, -0.15) is 0 Å². The van der Waals surface area contributed by atoms with Gasteiger partial charge >= 0.3 is 0 Å². The van der Waals surface area contributed by atoms with Gasteiger partial charge in [-0.3, -0.25) is 0 Å². The smallest absolute Gasteiger partial charge is 0.196 e. The molecule has 1 unspecified atom stereocenters. The van der Waals surface area contributed by atoms with Crippen molar-refractivity contribution in [2.45, 2.75) is 5.37 Å². The highest BCUT2D eigenvalue weighted by Crippen LogP contribution is 2.19. The van der Waals surface area contributed by atoms with Gasteiger partial charge in [0.15, 0.2) is 20.5 Å². The molecule has 0 bridgehead atoms. The molecular weight excluding hydrogens is 223 g/mol. The van der Waals surface area contributed by atoms with E-state index in [0.717, 1.165) is 6.26 Å². The summed E-state index contributed by atoms with van der Waals surface area (Å²) >= 11 is 11.0. The standard InChI is InChI=1S/C5H6Cl2N2O2S/c1-12(10,11)4-3(6)2-8-5(7)9-4/h2,4H,1H3,(H,8,9). The molecule has 1 rings (SSSR count). The van der Waals surface area contributed by atoms with Crippen molar-refractivity contribution in [1.29, 1.82) is 0 Å². The summed E-state index contributed by atoms with van der Waals surface area (Å²) in [6.45, 7) is 0. The Morgan fingerprint density at radius 1 is 1.58 bits per heavy atom. The van der Waals surface area contributed by atoms with E-state index in [4.69, 9.17) is 23.2 Å². The summed E-state index contributed by atoms with van der Waals surface area (Å²) in [5.74, 6) is 0. The molecule has 0 saturated carbocycles. The third-order valence-electron chi connectivity index (χ3n) is 1.20. The number of nitrogens with zero attached hydrogens (tertiary/aromatic N) is 1. The van der Waals surface area contributed by atoms with Crippen LogP contribution in [0.25, 0.3) is 0 Å². The van der Waals surface area contributed by atoms with Gasteiger partial charge in [-0.1, -0.05) is 11.6 Å². The third-order valence-corrected chi connectivity index (χ3v) is 3.02. The molecule has 1 aliphatic rings. The topological polar surface area (TPSA) is 58.5 Å². The Balaban J connectivity index is 3.04.